The Morgan fingerprint density at radius 3 is 2.81 bits per heavy atom. The van der Waals surface area contributed by atoms with Crippen LogP contribution in [0.5, 0.6) is 0 Å². The lowest BCUT2D eigenvalue weighted by atomic mass is 9.95. The fourth-order valence-corrected chi connectivity index (χ4v) is 2.77. The minimum absolute atomic E-state index is 0.217. The molecule has 0 spiro atoms. The Balaban J connectivity index is 2.31. The molecule has 0 bridgehead atoms. The van der Waals surface area contributed by atoms with Gasteiger partial charge in [-0.15, -0.1) is 0 Å². The summed E-state index contributed by atoms with van der Waals surface area (Å²) in [6.07, 6.45) is -0.0891. The van der Waals surface area contributed by atoms with E-state index in [1.807, 2.05) is 0 Å². The molecule has 1 amide bonds. The highest BCUT2D eigenvalue weighted by Gasteiger charge is 2.55. The predicted molar refractivity (Wildman–Crippen MR) is 74.8 cm³/mol. The zero-order valence-corrected chi connectivity index (χ0v) is 12.8. The number of aliphatic hydroxyl groups is 1. The normalized spacial score (nSPS) is 36.7. The van der Waals surface area contributed by atoms with Gasteiger partial charge in [0.25, 0.3) is 5.91 Å². The first-order valence-corrected chi connectivity index (χ1v) is 6.69. The van der Waals surface area contributed by atoms with Gasteiger partial charge in [-0.2, -0.15) is 0 Å². The van der Waals surface area contributed by atoms with Crippen LogP contribution in [-0.4, -0.2) is 60.8 Å². The SMILES string of the molecule is C=C1NC(=O)C(C)=CN1[C@@H]1O[C@H](COC)C(OC)[C@@]1(C)O. The highest BCUT2D eigenvalue weighted by molar-refractivity contribution is 5.94. The van der Waals surface area contributed by atoms with E-state index in [2.05, 4.69) is 11.9 Å². The lowest BCUT2D eigenvalue weighted by Crippen LogP contribution is -2.54. The molecular formula is C14H22N2O5. The monoisotopic (exact) mass is 298 g/mol. The second kappa shape index (κ2) is 5.76. The highest BCUT2D eigenvalue weighted by Crippen LogP contribution is 2.37. The molecule has 118 valence electrons. The Labute approximate surface area is 124 Å². The van der Waals surface area contributed by atoms with E-state index in [9.17, 15) is 9.90 Å². The standard InChI is InChI=1S/C14H22N2O5/c1-8-6-16(9(2)15-12(8)17)13-14(3,18)11(20-5)10(21-13)7-19-4/h6,10-11,13,18H,2,7H2,1,3-5H3,(H,15,17)/t10-,11?,13-,14-/m1/s1. The highest BCUT2D eigenvalue weighted by atomic mass is 16.6. The molecule has 2 N–H and O–H groups in total. The molecule has 0 aromatic heterocycles. The number of amides is 1. The van der Waals surface area contributed by atoms with Gasteiger partial charge >= 0.3 is 0 Å². The molecule has 1 unspecified atom stereocenters. The Bertz CT molecular complexity index is 474. The van der Waals surface area contributed by atoms with Gasteiger partial charge in [-0.25, -0.2) is 0 Å². The smallest absolute Gasteiger partial charge is 0.253 e. The maximum absolute atomic E-state index is 11.6. The van der Waals surface area contributed by atoms with Crippen molar-refractivity contribution >= 4 is 5.91 Å². The summed E-state index contributed by atoms with van der Waals surface area (Å²) >= 11 is 0. The minimum Gasteiger partial charge on any atom is -0.383 e. The van der Waals surface area contributed by atoms with Crippen molar-refractivity contribution < 1.29 is 24.1 Å². The fourth-order valence-electron chi connectivity index (χ4n) is 2.77. The average Bonchev–Trinajstić information content (AvgIpc) is 2.65. The fraction of sp³-hybridized carbons (Fsp3) is 0.643. The molecule has 21 heavy (non-hydrogen) atoms. The maximum Gasteiger partial charge on any atom is 0.253 e. The van der Waals surface area contributed by atoms with Crippen LogP contribution in [0.1, 0.15) is 13.8 Å². The van der Waals surface area contributed by atoms with E-state index in [0.29, 0.717) is 18.0 Å². The molecule has 0 aromatic rings. The Hall–Kier alpha value is -1.41. The number of hydrogen-bond donors (Lipinski definition) is 2. The van der Waals surface area contributed by atoms with Gasteiger partial charge in [-0.1, -0.05) is 6.58 Å². The predicted octanol–water partition coefficient (Wildman–Crippen LogP) is -0.0695. The van der Waals surface area contributed by atoms with Crippen LogP contribution in [-0.2, 0) is 19.0 Å². The second-order valence-corrected chi connectivity index (χ2v) is 5.48. The van der Waals surface area contributed by atoms with Crippen molar-refractivity contribution in [2.45, 2.75) is 37.9 Å². The number of rotatable bonds is 4. The van der Waals surface area contributed by atoms with E-state index >= 15 is 0 Å². The zero-order chi connectivity index (χ0) is 15.8. The van der Waals surface area contributed by atoms with Crippen molar-refractivity contribution in [1.29, 1.82) is 0 Å². The summed E-state index contributed by atoms with van der Waals surface area (Å²) < 4.78 is 16.4. The molecule has 0 aliphatic carbocycles. The number of nitrogens with zero attached hydrogens (tertiary/aromatic N) is 1. The summed E-state index contributed by atoms with van der Waals surface area (Å²) in [5, 5.41) is 13.4. The van der Waals surface area contributed by atoms with Crippen LogP contribution in [0.15, 0.2) is 24.2 Å². The van der Waals surface area contributed by atoms with Gasteiger partial charge < -0.3 is 29.5 Å². The van der Waals surface area contributed by atoms with Crippen molar-refractivity contribution in [2.24, 2.45) is 0 Å². The Morgan fingerprint density at radius 1 is 1.57 bits per heavy atom. The summed E-state index contributed by atoms with van der Waals surface area (Å²) in [6.45, 7) is 7.40. The van der Waals surface area contributed by atoms with E-state index in [4.69, 9.17) is 14.2 Å². The summed E-state index contributed by atoms with van der Waals surface area (Å²) in [4.78, 5) is 13.2. The van der Waals surface area contributed by atoms with Crippen LogP contribution in [0.4, 0.5) is 0 Å². The molecular weight excluding hydrogens is 276 g/mol. The van der Waals surface area contributed by atoms with Crippen molar-refractivity contribution in [3.05, 3.63) is 24.2 Å². The van der Waals surface area contributed by atoms with E-state index in [1.54, 1.807) is 32.1 Å². The summed E-state index contributed by atoms with van der Waals surface area (Å²) in [5.41, 5.74) is -0.786. The summed E-state index contributed by atoms with van der Waals surface area (Å²) in [5.74, 6) is 0.134. The number of carbonyl (C=O) groups is 1. The van der Waals surface area contributed by atoms with Gasteiger partial charge in [-0.05, 0) is 13.8 Å². The van der Waals surface area contributed by atoms with Crippen LogP contribution in [0, 0.1) is 0 Å². The van der Waals surface area contributed by atoms with Crippen molar-refractivity contribution in [1.82, 2.24) is 10.2 Å². The zero-order valence-electron chi connectivity index (χ0n) is 12.8. The summed E-state index contributed by atoms with van der Waals surface area (Å²) in [6, 6.07) is 0. The molecule has 4 atom stereocenters. The minimum atomic E-state index is -1.29. The lowest BCUT2D eigenvalue weighted by molar-refractivity contribution is -0.126. The van der Waals surface area contributed by atoms with Gasteiger partial charge in [0.2, 0.25) is 0 Å². The molecule has 2 heterocycles. The number of carbonyl (C=O) groups excluding carboxylic acids is 1. The number of methoxy groups -OCH3 is 2. The van der Waals surface area contributed by atoms with Crippen LogP contribution in [0.25, 0.3) is 0 Å². The first-order chi connectivity index (χ1) is 9.82. The van der Waals surface area contributed by atoms with E-state index in [-0.39, 0.29) is 5.91 Å². The maximum atomic E-state index is 11.6. The van der Waals surface area contributed by atoms with Crippen LogP contribution in [0.3, 0.4) is 0 Å². The molecule has 2 aliphatic rings. The molecule has 2 rings (SSSR count). The number of ether oxygens (including phenoxy) is 3. The molecule has 0 saturated carbocycles. The Kier molecular flexibility index (Phi) is 4.38. The number of hydrogen-bond acceptors (Lipinski definition) is 6. The second-order valence-electron chi connectivity index (χ2n) is 5.48. The lowest BCUT2D eigenvalue weighted by Gasteiger charge is -2.38. The van der Waals surface area contributed by atoms with Crippen molar-refractivity contribution in [2.75, 3.05) is 20.8 Å². The number of nitrogens with one attached hydrogen (secondary N) is 1. The quantitative estimate of drug-likeness (QED) is 0.756. The first kappa shape index (κ1) is 16.0. The van der Waals surface area contributed by atoms with Gasteiger partial charge in [0, 0.05) is 26.0 Å². The van der Waals surface area contributed by atoms with E-state index < -0.39 is 24.0 Å². The van der Waals surface area contributed by atoms with Gasteiger partial charge in [0.15, 0.2) is 6.23 Å². The van der Waals surface area contributed by atoms with Gasteiger partial charge in [-0.3, -0.25) is 4.79 Å². The van der Waals surface area contributed by atoms with Crippen LogP contribution in [0.2, 0.25) is 0 Å². The molecule has 0 aromatic carbocycles. The Morgan fingerprint density at radius 2 is 2.24 bits per heavy atom. The largest absolute Gasteiger partial charge is 0.383 e. The first-order valence-electron chi connectivity index (χ1n) is 6.69. The summed E-state index contributed by atoms with van der Waals surface area (Å²) in [7, 11) is 3.07. The van der Waals surface area contributed by atoms with Crippen molar-refractivity contribution in [3.8, 4) is 0 Å². The average molecular weight is 298 g/mol. The van der Waals surface area contributed by atoms with E-state index in [0.717, 1.165) is 0 Å². The van der Waals surface area contributed by atoms with Gasteiger partial charge in [0.05, 0.1) is 6.61 Å². The molecule has 7 heteroatoms. The molecule has 2 aliphatic heterocycles. The third-order valence-electron chi connectivity index (χ3n) is 3.82. The molecule has 0 radical (unpaired) electrons. The van der Waals surface area contributed by atoms with Crippen molar-refractivity contribution in [3.63, 3.8) is 0 Å². The molecule has 1 saturated heterocycles. The van der Waals surface area contributed by atoms with Crippen LogP contribution >= 0.6 is 0 Å². The molecule has 7 nitrogen and oxygen atoms in total. The molecule has 1 fully saturated rings. The topological polar surface area (TPSA) is 80.3 Å². The third kappa shape index (κ3) is 2.69. The van der Waals surface area contributed by atoms with Crippen LogP contribution < -0.4 is 5.32 Å². The van der Waals surface area contributed by atoms with Gasteiger partial charge in [0.1, 0.15) is 23.6 Å². The van der Waals surface area contributed by atoms with E-state index in [1.165, 1.54) is 7.11 Å². The third-order valence-corrected chi connectivity index (χ3v) is 3.82.